The topological polar surface area (TPSA) is 0 Å². The average molecular weight is 170 g/mol. The zero-order valence-electron chi connectivity index (χ0n) is 7.79. The van der Waals surface area contributed by atoms with Gasteiger partial charge in [-0.15, -0.1) is 0 Å². The number of hydrogen-bond acceptors (Lipinski definition) is 0. The Labute approximate surface area is 79.9 Å². The van der Waals surface area contributed by atoms with Crippen LogP contribution in [0.15, 0.2) is 55.7 Å². The molecule has 1 aromatic carbocycles. The van der Waals surface area contributed by atoms with E-state index in [-0.39, 0.29) is 0 Å². The van der Waals surface area contributed by atoms with Crippen molar-refractivity contribution in [2.24, 2.45) is 0 Å². The van der Waals surface area contributed by atoms with Gasteiger partial charge in [-0.05, 0) is 17.5 Å². The number of benzene rings is 1. The molecule has 0 nitrogen and oxygen atoms in total. The number of allylic oxidation sites excluding steroid dienone is 2. The van der Waals surface area contributed by atoms with Crippen molar-refractivity contribution in [2.45, 2.75) is 6.42 Å². The zero-order valence-corrected chi connectivity index (χ0v) is 7.79. The number of hydrogen-bond donors (Lipinski definition) is 0. The quantitative estimate of drug-likeness (QED) is 0.605. The summed E-state index contributed by atoms with van der Waals surface area (Å²) in [5.74, 6) is 0. The highest BCUT2D eigenvalue weighted by atomic mass is 14.0. The van der Waals surface area contributed by atoms with Crippen LogP contribution < -0.4 is 0 Å². The van der Waals surface area contributed by atoms with Crippen LogP contribution in [0.4, 0.5) is 0 Å². The van der Waals surface area contributed by atoms with Crippen LogP contribution in [0.3, 0.4) is 0 Å². The predicted molar refractivity (Wildman–Crippen MR) is 59.6 cm³/mol. The second-order valence-electron chi connectivity index (χ2n) is 2.94. The standard InChI is InChI=1S/C13H14/c1-4-11(3)10-13-9-7-6-8-12(13)5-2/h4-9H,1-3,10H2. The molecule has 0 aliphatic carbocycles. The lowest BCUT2D eigenvalue weighted by Crippen LogP contribution is -1.89. The van der Waals surface area contributed by atoms with Gasteiger partial charge in [0.1, 0.15) is 0 Å². The fraction of sp³-hybridized carbons (Fsp3) is 0.0769. The lowest BCUT2D eigenvalue weighted by atomic mass is 10.0. The minimum absolute atomic E-state index is 0.853. The molecule has 13 heavy (non-hydrogen) atoms. The SMILES string of the molecule is C=CC(=C)Cc1ccccc1C=C. The molecule has 0 aromatic heterocycles. The van der Waals surface area contributed by atoms with Crippen molar-refractivity contribution in [3.8, 4) is 0 Å². The van der Waals surface area contributed by atoms with Crippen molar-refractivity contribution in [3.63, 3.8) is 0 Å². The lowest BCUT2D eigenvalue weighted by Gasteiger charge is -2.04. The molecular formula is C13H14. The minimum atomic E-state index is 0.853. The third kappa shape index (κ3) is 2.45. The van der Waals surface area contributed by atoms with Crippen LogP contribution in [0.25, 0.3) is 6.08 Å². The van der Waals surface area contributed by atoms with Crippen LogP contribution in [-0.2, 0) is 6.42 Å². The van der Waals surface area contributed by atoms with E-state index in [9.17, 15) is 0 Å². The molecule has 1 rings (SSSR count). The monoisotopic (exact) mass is 170 g/mol. The molecule has 0 unspecified atom stereocenters. The molecule has 0 spiro atoms. The number of rotatable bonds is 4. The highest BCUT2D eigenvalue weighted by molar-refractivity contribution is 5.52. The van der Waals surface area contributed by atoms with Gasteiger partial charge in [0.15, 0.2) is 0 Å². The molecule has 0 amide bonds. The molecule has 0 aliphatic heterocycles. The average Bonchev–Trinajstić information content (AvgIpc) is 2.18. The molecule has 66 valence electrons. The maximum Gasteiger partial charge on any atom is -0.00259 e. The summed E-state index contributed by atoms with van der Waals surface area (Å²) in [6, 6.07) is 8.18. The lowest BCUT2D eigenvalue weighted by molar-refractivity contribution is 1.20. The Kier molecular flexibility index (Phi) is 3.27. The van der Waals surface area contributed by atoms with Gasteiger partial charge in [0.05, 0.1) is 0 Å². The first-order valence-electron chi connectivity index (χ1n) is 4.28. The second kappa shape index (κ2) is 4.46. The van der Waals surface area contributed by atoms with Gasteiger partial charge in [-0.2, -0.15) is 0 Å². The van der Waals surface area contributed by atoms with Crippen LogP contribution >= 0.6 is 0 Å². The molecule has 0 heterocycles. The van der Waals surface area contributed by atoms with E-state index in [4.69, 9.17) is 0 Å². The first kappa shape index (κ1) is 9.53. The van der Waals surface area contributed by atoms with Crippen LogP contribution in [0, 0.1) is 0 Å². The Morgan fingerprint density at radius 1 is 1.23 bits per heavy atom. The zero-order chi connectivity index (χ0) is 9.68. The Bertz CT molecular complexity index is 332. The van der Waals surface area contributed by atoms with Gasteiger partial charge in [-0.3, -0.25) is 0 Å². The van der Waals surface area contributed by atoms with Crippen molar-refractivity contribution in [1.82, 2.24) is 0 Å². The van der Waals surface area contributed by atoms with Gasteiger partial charge in [-0.1, -0.05) is 61.7 Å². The summed E-state index contributed by atoms with van der Waals surface area (Å²) < 4.78 is 0. The smallest absolute Gasteiger partial charge is 0.00259 e. The van der Waals surface area contributed by atoms with Gasteiger partial charge < -0.3 is 0 Å². The van der Waals surface area contributed by atoms with E-state index in [1.165, 1.54) is 11.1 Å². The molecule has 0 N–H and O–H groups in total. The highest BCUT2D eigenvalue weighted by Crippen LogP contribution is 2.14. The molecule has 0 aliphatic rings. The van der Waals surface area contributed by atoms with Crippen LogP contribution in [0.2, 0.25) is 0 Å². The Morgan fingerprint density at radius 3 is 2.54 bits per heavy atom. The largest absolute Gasteiger partial charge is 0.0988 e. The van der Waals surface area contributed by atoms with E-state index in [0.717, 1.165) is 12.0 Å². The first-order valence-corrected chi connectivity index (χ1v) is 4.28. The molecule has 0 radical (unpaired) electrons. The molecule has 0 saturated heterocycles. The van der Waals surface area contributed by atoms with Crippen LogP contribution in [-0.4, -0.2) is 0 Å². The molecule has 0 bridgehead atoms. The van der Waals surface area contributed by atoms with Gasteiger partial charge >= 0.3 is 0 Å². The fourth-order valence-corrected chi connectivity index (χ4v) is 1.21. The summed E-state index contributed by atoms with van der Waals surface area (Å²) in [6.07, 6.45) is 4.51. The molecule has 0 saturated carbocycles. The van der Waals surface area contributed by atoms with Crippen LogP contribution in [0.1, 0.15) is 11.1 Å². The summed E-state index contributed by atoms with van der Waals surface area (Å²) in [5, 5.41) is 0. The Morgan fingerprint density at radius 2 is 1.92 bits per heavy atom. The van der Waals surface area contributed by atoms with Crippen LogP contribution in [0.5, 0.6) is 0 Å². The minimum Gasteiger partial charge on any atom is -0.0988 e. The molecular weight excluding hydrogens is 156 g/mol. The van der Waals surface area contributed by atoms with Gasteiger partial charge in [0.2, 0.25) is 0 Å². The van der Waals surface area contributed by atoms with E-state index in [1.54, 1.807) is 6.08 Å². The first-order chi connectivity index (χ1) is 6.27. The second-order valence-corrected chi connectivity index (χ2v) is 2.94. The van der Waals surface area contributed by atoms with E-state index in [0.29, 0.717) is 0 Å². The molecule has 1 aromatic rings. The van der Waals surface area contributed by atoms with Crippen molar-refractivity contribution < 1.29 is 0 Å². The maximum absolute atomic E-state index is 3.89. The highest BCUT2D eigenvalue weighted by Gasteiger charge is 1.97. The summed E-state index contributed by atoms with van der Waals surface area (Å²) in [6.45, 7) is 11.3. The van der Waals surface area contributed by atoms with Crippen molar-refractivity contribution in [1.29, 1.82) is 0 Å². The van der Waals surface area contributed by atoms with Crippen molar-refractivity contribution in [2.75, 3.05) is 0 Å². The Hall–Kier alpha value is -1.56. The van der Waals surface area contributed by atoms with E-state index in [2.05, 4.69) is 31.9 Å². The maximum atomic E-state index is 3.89. The van der Waals surface area contributed by atoms with Gasteiger partial charge in [0.25, 0.3) is 0 Å². The van der Waals surface area contributed by atoms with E-state index in [1.807, 2.05) is 18.2 Å². The summed E-state index contributed by atoms with van der Waals surface area (Å²) >= 11 is 0. The van der Waals surface area contributed by atoms with Crippen molar-refractivity contribution in [3.05, 3.63) is 66.8 Å². The van der Waals surface area contributed by atoms with E-state index >= 15 is 0 Å². The Balaban J connectivity index is 2.93. The van der Waals surface area contributed by atoms with E-state index < -0.39 is 0 Å². The normalized spacial score (nSPS) is 9.23. The van der Waals surface area contributed by atoms with Crippen molar-refractivity contribution >= 4 is 6.08 Å². The fourth-order valence-electron chi connectivity index (χ4n) is 1.21. The molecule has 0 fully saturated rings. The molecule has 0 atom stereocenters. The third-order valence-corrected chi connectivity index (χ3v) is 1.98. The molecule has 0 heteroatoms. The third-order valence-electron chi connectivity index (χ3n) is 1.98. The summed E-state index contributed by atoms with van der Waals surface area (Å²) in [5.41, 5.74) is 3.46. The van der Waals surface area contributed by atoms with Gasteiger partial charge in [0, 0.05) is 0 Å². The summed E-state index contributed by atoms with van der Waals surface area (Å²) in [7, 11) is 0. The van der Waals surface area contributed by atoms with Gasteiger partial charge in [-0.25, -0.2) is 0 Å². The summed E-state index contributed by atoms with van der Waals surface area (Å²) in [4.78, 5) is 0. The predicted octanol–water partition coefficient (Wildman–Crippen LogP) is 3.61.